The third kappa shape index (κ3) is 4.76. The fraction of sp³-hybridized carbons (Fsp3) is 0.292. The molecule has 1 heterocycles. The highest BCUT2D eigenvalue weighted by Gasteiger charge is 2.23. The van der Waals surface area contributed by atoms with Crippen molar-refractivity contribution in [2.75, 3.05) is 0 Å². The van der Waals surface area contributed by atoms with Gasteiger partial charge in [0.05, 0.1) is 12.1 Å². The van der Waals surface area contributed by atoms with Gasteiger partial charge in [0.2, 0.25) is 5.91 Å². The fourth-order valence-corrected chi connectivity index (χ4v) is 3.90. The molecule has 0 saturated heterocycles. The van der Waals surface area contributed by atoms with Gasteiger partial charge >= 0.3 is 0 Å². The molecule has 1 aromatic heterocycles. The first-order valence-corrected chi connectivity index (χ1v) is 10.5. The third-order valence-electron chi connectivity index (χ3n) is 5.52. The van der Waals surface area contributed by atoms with E-state index in [1.54, 1.807) is 10.9 Å². The van der Waals surface area contributed by atoms with Crippen LogP contribution in [0.15, 0.2) is 66.9 Å². The van der Waals surface area contributed by atoms with Gasteiger partial charge in [-0.05, 0) is 18.4 Å². The van der Waals surface area contributed by atoms with Crippen molar-refractivity contribution in [1.82, 2.24) is 20.6 Å². The molecule has 3 aromatic rings. The summed E-state index contributed by atoms with van der Waals surface area (Å²) in [6.45, 7) is 0.558. The maximum atomic E-state index is 12.9. The Bertz CT molecular complexity index is 993. The van der Waals surface area contributed by atoms with Gasteiger partial charge in [0.25, 0.3) is 5.91 Å². The Balaban J connectivity index is 1.52. The molecule has 0 unspecified atom stereocenters. The summed E-state index contributed by atoms with van der Waals surface area (Å²) < 4.78 is 1.76. The minimum atomic E-state index is -0.364. The lowest BCUT2D eigenvalue weighted by molar-refractivity contribution is -0.126. The quantitative estimate of drug-likeness (QED) is 0.635. The van der Waals surface area contributed by atoms with E-state index in [2.05, 4.69) is 16.0 Å². The molecule has 0 bridgehead atoms. The largest absolute Gasteiger partial charge is 0.273 e. The Morgan fingerprint density at radius 2 is 1.57 bits per heavy atom. The molecule has 6 nitrogen and oxygen atoms in total. The Hall–Kier alpha value is -3.41. The molecular weight excluding hydrogens is 376 g/mol. The predicted molar refractivity (Wildman–Crippen MR) is 115 cm³/mol. The summed E-state index contributed by atoms with van der Waals surface area (Å²) in [4.78, 5) is 25.3. The second-order valence-electron chi connectivity index (χ2n) is 7.72. The van der Waals surface area contributed by atoms with E-state index in [-0.39, 0.29) is 17.7 Å². The van der Waals surface area contributed by atoms with Crippen molar-refractivity contribution in [3.8, 4) is 11.3 Å². The van der Waals surface area contributed by atoms with Crippen molar-refractivity contribution in [2.45, 2.75) is 38.6 Å². The molecule has 0 radical (unpaired) electrons. The van der Waals surface area contributed by atoms with E-state index in [4.69, 9.17) is 0 Å². The number of nitrogens with zero attached hydrogens (tertiary/aromatic N) is 2. The van der Waals surface area contributed by atoms with Crippen LogP contribution < -0.4 is 10.9 Å². The van der Waals surface area contributed by atoms with Crippen LogP contribution in [0.3, 0.4) is 0 Å². The van der Waals surface area contributed by atoms with E-state index in [9.17, 15) is 9.59 Å². The lowest BCUT2D eigenvalue weighted by atomic mass is 9.89. The van der Waals surface area contributed by atoms with Crippen molar-refractivity contribution >= 4 is 11.8 Å². The van der Waals surface area contributed by atoms with E-state index in [1.165, 1.54) is 6.42 Å². The zero-order chi connectivity index (χ0) is 20.8. The Morgan fingerprint density at radius 1 is 0.900 bits per heavy atom. The molecule has 4 rings (SSSR count). The lowest BCUT2D eigenvalue weighted by Gasteiger charge is -2.20. The van der Waals surface area contributed by atoms with Crippen LogP contribution in [0.25, 0.3) is 11.3 Å². The van der Waals surface area contributed by atoms with Gasteiger partial charge in [-0.3, -0.25) is 25.1 Å². The Labute approximate surface area is 176 Å². The maximum absolute atomic E-state index is 12.9. The number of benzene rings is 2. The number of rotatable bonds is 5. The first-order valence-electron chi connectivity index (χ1n) is 10.5. The van der Waals surface area contributed by atoms with Gasteiger partial charge in [0.15, 0.2) is 0 Å². The number of carbonyl (C=O) groups is 2. The summed E-state index contributed by atoms with van der Waals surface area (Å²) in [7, 11) is 0. The molecule has 30 heavy (non-hydrogen) atoms. The van der Waals surface area contributed by atoms with E-state index in [1.807, 2.05) is 60.7 Å². The summed E-state index contributed by atoms with van der Waals surface area (Å²) in [5.74, 6) is -0.494. The van der Waals surface area contributed by atoms with Gasteiger partial charge in [0, 0.05) is 17.7 Å². The molecule has 0 atom stereocenters. The van der Waals surface area contributed by atoms with E-state index in [0.29, 0.717) is 17.8 Å². The molecule has 2 N–H and O–H groups in total. The molecule has 0 spiro atoms. The molecule has 0 aliphatic heterocycles. The smallest absolute Gasteiger partial charge is 0.273 e. The second-order valence-corrected chi connectivity index (χ2v) is 7.72. The molecule has 1 saturated carbocycles. The van der Waals surface area contributed by atoms with Gasteiger partial charge in [-0.2, -0.15) is 5.10 Å². The molecule has 2 aromatic carbocycles. The molecule has 1 fully saturated rings. The van der Waals surface area contributed by atoms with Crippen LogP contribution in [0, 0.1) is 5.92 Å². The van der Waals surface area contributed by atoms with Crippen LogP contribution >= 0.6 is 0 Å². The molecule has 2 amide bonds. The van der Waals surface area contributed by atoms with Crippen molar-refractivity contribution < 1.29 is 9.59 Å². The van der Waals surface area contributed by atoms with Crippen molar-refractivity contribution in [3.05, 3.63) is 78.0 Å². The second kappa shape index (κ2) is 9.39. The number of nitrogens with one attached hydrogen (secondary N) is 2. The van der Waals surface area contributed by atoms with Crippen LogP contribution in [0.4, 0.5) is 0 Å². The van der Waals surface area contributed by atoms with E-state index < -0.39 is 0 Å². The number of carbonyl (C=O) groups excluding carboxylic acids is 2. The zero-order valence-electron chi connectivity index (χ0n) is 16.9. The van der Waals surface area contributed by atoms with Crippen LogP contribution in [0.5, 0.6) is 0 Å². The van der Waals surface area contributed by atoms with Gasteiger partial charge in [-0.15, -0.1) is 0 Å². The van der Waals surface area contributed by atoms with Crippen LogP contribution in [-0.4, -0.2) is 21.6 Å². The average molecular weight is 402 g/mol. The van der Waals surface area contributed by atoms with Crippen molar-refractivity contribution in [1.29, 1.82) is 0 Å². The minimum Gasteiger partial charge on any atom is -0.273 e. The molecule has 6 heteroatoms. The van der Waals surface area contributed by atoms with Gasteiger partial charge in [0.1, 0.15) is 5.69 Å². The fourth-order valence-electron chi connectivity index (χ4n) is 3.90. The highest BCUT2D eigenvalue weighted by Crippen LogP contribution is 2.24. The average Bonchev–Trinajstić information content (AvgIpc) is 3.23. The third-order valence-corrected chi connectivity index (χ3v) is 5.52. The monoisotopic (exact) mass is 402 g/mol. The molecule has 154 valence electrons. The summed E-state index contributed by atoms with van der Waals surface area (Å²) in [5, 5.41) is 4.66. The zero-order valence-corrected chi connectivity index (χ0v) is 16.9. The number of aromatic nitrogens is 2. The highest BCUT2D eigenvalue weighted by molar-refractivity contribution is 6.00. The summed E-state index contributed by atoms with van der Waals surface area (Å²) >= 11 is 0. The van der Waals surface area contributed by atoms with Crippen molar-refractivity contribution in [2.24, 2.45) is 5.92 Å². The summed E-state index contributed by atoms with van der Waals surface area (Å²) in [5.41, 5.74) is 8.18. The van der Waals surface area contributed by atoms with Gasteiger partial charge < -0.3 is 0 Å². The van der Waals surface area contributed by atoms with E-state index >= 15 is 0 Å². The number of amides is 2. The van der Waals surface area contributed by atoms with Gasteiger partial charge in [-0.25, -0.2) is 0 Å². The van der Waals surface area contributed by atoms with Crippen molar-refractivity contribution in [3.63, 3.8) is 0 Å². The summed E-state index contributed by atoms with van der Waals surface area (Å²) in [6.07, 6.45) is 6.81. The first kappa shape index (κ1) is 19.9. The molecule has 1 aliphatic carbocycles. The Kier molecular flexibility index (Phi) is 6.23. The number of hydrogen-bond acceptors (Lipinski definition) is 3. The SMILES string of the molecule is O=C(NNC(=O)C1CCCCC1)c1cn(Cc2ccccc2)nc1-c1ccccc1. The predicted octanol–water partition coefficient (Wildman–Crippen LogP) is 3.94. The summed E-state index contributed by atoms with van der Waals surface area (Å²) in [6, 6.07) is 19.6. The number of hydrazine groups is 1. The minimum absolute atomic E-state index is 0.0200. The van der Waals surface area contributed by atoms with E-state index in [0.717, 1.165) is 36.8 Å². The van der Waals surface area contributed by atoms with Gasteiger partial charge in [-0.1, -0.05) is 79.9 Å². The normalized spacial score (nSPS) is 14.3. The number of hydrogen-bond donors (Lipinski definition) is 2. The van der Waals surface area contributed by atoms with Crippen LogP contribution in [0.2, 0.25) is 0 Å². The Morgan fingerprint density at radius 3 is 2.27 bits per heavy atom. The van der Waals surface area contributed by atoms with Crippen LogP contribution in [0.1, 0.15) is 48.0 Å². The topological polar surface area (TPSA) is 76.0 Å². The standard InChI is InChI=1S/C24H26N4O2/c29-23(20-14-8-3-9-15-20)25-26-24(30)21-17-28(16-18-10-4-1-5-11-18)27-22(21)19-12-6-2-7-13-19/h1-2,4-7,10-13,17,20H,3,8-9,14-16H2,(H,25,29)(H,26,30). The lowest BCUT2D eigenvalue weighted by Crippen LogP contribution is -2.45. The molecule has 1 aliphatic rings. The highest BCUT2D eigenvalue weighted by atomic mass is 16.2. The van der Waals surface area contributed by atoms with Crippen LogP contribution in [-0.2, 0) is 11.3 Å². The maximum Gasteiger partial charge on any atom is 0.273 e. The first-order chi connectivity index (χ1) is 14.7. The molecular formula is C24H26N4O2.